The third-order valence-electron chi connectivity index (χ3n) is 5.71. The molecule has 1 saturated heterocycles. The van der Waals surface area contributed by atoms with Gasteiger partial charge in [-0.05, 0) is 37.6 Å². The van der Waals surface area contributed by atoms with Crippen LogP contribution in [0.2, 0.25) is 0 Å². The third-order valence-corrected chi connectivity index (χ3v) is 5.71. The molecule has 1 aromatic carbocycles. The largest absolute Gasteiger partial charge is 0.384 e. The van der Waals surface area contributed by atoms with E-state index in [9.17, 15) is 5.11 Å². The van der Waals surface area contributed by atoms with Gasteiger partial charge in [0.25, 0.3) is 0 Å². The van der Waals surface area contributed by atoms with Crippen LogP contribution in [0.4, 0.5) is 5.82 Å². The van der Waals surface area contributed by atoms with Crippen LogP contribution in [0.3, 0.4) is 0 Å². The van der Waals surface area contributed by atoms with Gasteiger partial charge in [-0.15, -0.1) is 24.0 Å². The Balaban J connectivity index is 0.00000363. The standard InChI is InChI=1S/C24H36N6O.HI/c1-4-25-23(28-19-24(3,31)21-9-7-6-8-10-21)27-18-20-11-12-22(26-17-20)30-15-13-29(5-2)14-16-30;/h6-12,17,31H,4-5,13-16,18-19H2,1-3H3,(H2,25,27,28);1H. The van der Waals surface area contributed by atoms with Gasteiger partial charge in [0.15, 0.2) is 5.96 Å². The fourth-order valence-electron chi connectivity index (χ4n) is 3.66. The first-order valence-electron chi connectivity index (χ1n) is 11.2. The van der Waals surface area contributed by atoms with Crippen molar-refractivity contribution >= 4 is 35.8 Å². The molecule has 1 atom stereocenters. The Morgan fingerprint density at radius 3 is 2.38 bits per heavy atom. The van der Waals surface area contributed by atoms with Crippen LogP contribution >= 0.6 is 24.0 Å². The smallest absolute Gasteiger partial charge is 0.191 e. The first-order valence-corrected chi connectivity index (χ1v) is 11.2. The molecule has 176 valence electrons. The quantitative estimate of drug-likeness (QED) is 0.266. The first-order chi connectivity index (χ1) is 15.0. The van der Waals surface area contributed by atoms with E-state index in [-0.39, 0.29) is 24.0 Å². The molecule has 3 rings (SSSR count). The van der Waals surface area contributed by atoms with Gasteiger partial charge < -0.3 is 25.5 Å². The maximum absolute atomic E-state index is 10.8. The van der Waals surface area contributed by atoms with Crippen LogP contribution in [0.25, 0.3) is 0 Å². The molecule has 0 amide bonds. The Bertz CT molecular complexity index is 820. The van der Waals surface area contributed by atoms with Gasteiger partial charge in [-0.2, -0.15) is 0 Å². The van der Waals surface area contributed by atoms with Crippen LogP contribution in [-0.2, 0) is 12.1 Å². The molecule has 1 fully saturated rings. The van der Waals surface area contributed by atoms with Gasteiger partial charge >= 0.3 is 0 Å². The van der Waals surface area contributed by atoms with Gasteiger partial charge in [-0.25, -0.2) is 9.98 Å². The van der Waals surface area contributed by atoms with E-state index in [4.69, 9.17) is 0 Å². The molecule has 0 spiro atoms. The fourth-order valence-corrected chi connectivity index (χ4v) is 3.66. The number of rotatable bonds is 8. The number of nitrogens with one attached hydrogen (secondary N) is 2. The van der Waals surface area contributed by atoms with E-state index in [2.05, 4.69) is 49.5 Å². The predicted molar refractivity (Wildman–Crippen MR) is 143 cm³/mol. The molecule has 0 radical (unpaired) electrons. The number of aliphatic imine (C=N–C) groups is 1. The van der Waals surface area contributed by atoms with Crippen molar-refractivity contribution in [3.63, 3.8) is 0 Å². The fraction of sp³-hybridized carbons (Fsp3) is 0.500. The summed E-state index contributed by atoms with van der Waals surface area (Å²) in [6.45, 7) is 13.0. The number of piperazine rings is 1. The highest BCUT2D eigenvalue weighted by Gasteiger charge is 2.23. The van der Waals surface area contributed by atoms with Gasteiger partial charge in [-0.1, -0.05) is 43.3 Å². The summed E-state index contributed by atoms with van der Waals surface area (Å²) in [6, 6.07) is 13.9. The molecule has 1 aliphatic heterocycles. The summed E-state index contributed by atoms with van der Waals surface area (Å²) in [6.07, 6.45) is 1.91. The molecular weight excluding hydrogens is 515 g/mol. The van der Waals surface area contributed by atoms with Crippen LogP contribution in [0, 0.1) is 0 Å². The molecule has 0 bridgehead atoms. The minimum Gasteiger partial charge on any atom is -0.384 e. The molecule has 2 heterocycles. The van der Waals surface area contributed by atoms with Crippen LogP contribution in [0.1, 0.15) is 31.9 Å². The number of aliphatic hydroxyl groups is 1. The number of anilines is 1. The number of hydrogen-bond acceptors (Lipinski definition) is 5. The van der Waals surface area contributed by atoms with E-state index < -0.39 is 5.60 Å². The summed E-state index contributed by atoms with van der Waals surface area (Å²) >= 11 is 0. The third kappa shape index (κ3) is 7.60. The number of nitrogens with zero attached hydrogens (tertiary/aromatic N) is 4. The van der Waals surface area contributed by atoms with E-state index >= 15 is 0 Å². The van der Waals surface area contributed by atoms with Gasteiger partial charge in [-0.3, -0.25) is 0 Å². The number of aromatic nitrogens is 1. The lowest BCUT2D eigenvalue weighted by Gasteiger charge is -2.34. The summed E-state index contributed by atoms with van der Waals surface area (Å²) in [4.78, 5) is 14.1. The highest BCUT2D eigenvalue weighted by molar-refractivity contribution is 14.0. The van der Waals surface area contributed by atoms with Gasteiger partial charge in [0.2, 0.25) is 0 Å². The number of benzene rings is 1. The second-order valence-corrected chi connectivity index (χ2v) is 8.13. The predicted octanol–water partition coefficient (Wildman–Crippen LogP) is 2.80. The van der Waals surface area contributed by atoms with Gasteiger partial charge in [0.05, 0.1) is 13.1 Å². The molecule has 0 aliphatic carbocycles. The lowest BCUT2D eigenvalue weighted by Crippen LogP contribution is -2.46. The molecule has 2 aromatic rings. The van der Waals surface area contributed by atoms with Crippen LogP contribution < -0.4 is 15.5 Å². The molecule has 7 nitrogen and oxygen atoms in total. The Labute approximate surface area is 209 Å². The highest BCUT2D eigenvalue weighted by Crippen LogP contribution is 2.19. The topological polar surface area (TPSA) is 76.0 Å². The summed E-state index contributed by atoms with van der Waals surface area (Å²) in [5.41, 5.74) is 0.948. The molecule has 3 N–H and O–H groups in total. The van der Waals surface area contributed by atoms with Crippen molar-refractivity contribution in [2.24, 2.45) is 4.99 Å². The van der Waals surface area contributed by atoms with Crippen molar-refractivity contribution in [1.82, 2.24) is 20.5 Å². The molecular formula is C24H37IN6O. The van der Waals surface area contributed by atoms with Crippen molar-refractivity contribution < 1.29 is 5.11 Å². The van der Waals surface area contributed by atoms with E-state index in [0.717, 1.165) is 56.2 Å². The van der Waals surface area contributed by atoms with Crippen molar-refractivity contribution in [3.05, 3.63) is 59.8 Å². The molecule has 0 saturated carbocycles. The summed E-state index contributed by atoms with van der Waals surface area (Å²) in [7, 11) is 0. The van der Waals surface area contributed by atoms with E-state index in [1.807, 2.05) is 50.4 Å². The molecule has 8 heteroatoms. The minimum atomic E-state index is -0.984. The monoisotopic (exact) mass is 552 g/mol. The molecule has 1 unspecified atom stereocenters. The van der Waals surface area contributed by atoms with Crippen molar-refractivity contribution in [2.45, 2.75) is 32.9 Å². The Hall–Kier alpha value is -1.91. The second kappa shape index (κ2) is 13.0. The normalized spacial score (nSPS) is 16.8. The summed E-state index contributed by atoms with van der Waals surface area (Å²) in [5.74, 6) is 1.71. The Morgan fingerprint density at radius 1 is 1.06 bits per heavy atom. The first kappa shape index (κ1) is 26.3. The number of hydrogen-bond donors (Lipinski definition) is 3. The van der Waals surface area contributed by atoms with Crippen molar-refractivity contribution in [3.8, 4) is 0 Å². The van der Waals surface area contributed by atoms with Crippen LogP contribution in [-0.4, -0.2) is 66.8 Å². The number of halogens is 1. The maximum atomic E-state index is 10.8. The van der Waals surface area contributed by atoms with E-state index in [1.165, 1.54) is 0 Å². The number of likely N-dealkylation sites (N-methyl/N-ethyl adjacent to an activating group) is 1. The molecule has 32 heavy (non-hydrogen) atoms. The summed E-state index contributed by atoms with van der Waals surface area (Å²) < 4.78 is 0. The average molecular weight is 553 g/mol. The maximum Gasteiger partial charge on any atom is 0.191 e. The van der Waals surface area contributed by atoms with Crippen LogP contribution in [0.5, 0.6) is 0 Å². The minimum absolute atomic E-state index is 0. The Morgan fingerprint density at radius 2 is 1.78 bits per heavy atom. The Kier molecular flexibility index (Phi) is 10.7. The zero-order chi connectivity index (χ0) is 22.1. The van der Waals surface area contributed by atoms with Gasteiger partial charge in [0, 0.05) is 38.9 Å². The van der Waals surface area contributed by atoms with Crippen molar-refractivity contribution in [1.29, 1.82) is 0 Å². The number of pyridine rings is 1. The molecule has 1 aromatic heterocycles. The molecule has 1 aliphatic rings. The van der Waals surface area contributed by atoms with Gasteiger partial charge in [0.1, 0.15) is 11.4 Å². The zero-order valence-corrected chi connectivity index (χ0v) is 21.8. The van der Waals surface area contributed by atoms with Crippen LogP contribution in [0.15, 0.2) is 53.7 Å². The summed E-state index contributed by atoms with van der Waals surface area (Å²) in [5, 5.41) is 17.3. The lowest BCUT2D eigenvalue weighted by molar-refractivity contribution is 0.0617. The second-order valence-electron chi connectivity index (χ2n) is 8.13. The van der Waals surface area contributed by atoms with E-state index in [1.54, 1.807) is 0 Å². The lowest BCUT2D eigenvalue weighted by atomic mass is 9.96. The zero-order valence-electron chi connectivity index (χ0n) is 19.4. The SMILES string of the molecule is CCNC(=NCc1ccc(N2CCN(CC)CC2)nc1)NCC(C)(O)c1ccccc1.I. The highest BCUT2D eigenvalue weighted by atomic mass is 127. The van der Waals surface area contributed by atoms with E-state index in [0.29, 0.717) is 19.0 Å². The van der Waals surface area contributed by atoms with Crippen molar-refractivity contribution in [2.75, 3.05) is 50.7 Å². The average Bonchev–Trinajstić information content (AvgIpc) is 2.82. The number of guanidine groups is 1.